The van der Waals surface area contributed by atoms with E-state index in [2.05, 4.69) is 10.5 Å². The van der Waals surface area contributed by atoms with Crippen LogP contribution in [-0.4, -0.2) is 17.0 Å². The predicted molar refractivity (Wildman–Crippen MR) is 94.9 cm³/mol. The summed E-state index contributed by atoms with van der Waals surface area (Å²) in [6.45, 7) is 1.92. The highest BCUT2D eigenvalue weighted by atomic mass is 32.1. The molecule has 3 aromatic rings. The van der Waals surface area contributed by atoms with Gasteiger partial charge in [0.1, 0.15) is 11.5 Å². The molecule has 7 nitrogen and oxygen atoms in total. The first-order valence-corrected chi connectivity index (χ1v) is 8.09. The van der Waals surface area contributed by atoms with Gasteiger partial charge in [0.2, 0.25) is 0 Å². The molecule has 1 amide bonds. The second-order valence-corrected chi connectivity index (χ2v) is 6.40. The van der Waals surface area contributed by atoms with Gasteiger partial charge in [0.25, 0.3) is 11.6 Å². The van der Waals surface area contributed by atoms with Crippen LogP contribution >= 0.6 is 11.3 Å². The fourth-order valence-electron chi connectivity index (χ4n) is 2.09. The van der Waals surface area contributed by atoms with Crippen LogP contribution in [0.1, 0.15) is 20.3 Å². The molecule has 0 bridgehead atoms. The summed E-state index contributed by atoms with van der Waals surface area (Å²) in [5.41, 5.74) is 3.16. The lowest BCUT2D eigenvalue weighted by Crippen LogP contribution is -2.15. The van der Waals surface area contributed by atoms with Gasteiger partial charge in [-0.3, -0.25) is 14.9 Å². The first-order chi connectivity index (χ1) is 12.0. The van der Waals surface area contributed by atoms with Crippen LogP contribution in [0.2, 0.25) is 0 Å². The number of rotatable bonds is 5. The van der Waals surface area contributed by atoms with E-state index >= 15 is 0 Å². The average molecular weight is 355 g/mol. The lowest BCUT2D eigenvalue weighted by atomic mass is 10.1. The van der Waals surface area contributed by atoms with E-state index in [0.717, 1.165) is 4.88 Å². The second kappa shape index (κ2) is 7.10. The molecule has 126 valence electrons. The lowest BCUT2D eigenvalue weighted by Gasteiger charge is -1.96. The Hall–Kier alpha value is -3.26. The van der Waals surface area contributed by atoms with E-state index in [9.17, 15) is 14.9 Å². The summed E-state index contributed by atoms with van der Waals surface area (Å²) in [6, 6.07) is 13.1. The summed E-state index contributed by atoms with van der Waals surface area (Å²) in [5.74, 6) is 0.726. The minimum absolute atomic E-state index is 0.0172. The van der Waals surface area contributed by atoms with Crippen molar-refractivity contribution < 1.29 is 14.1 Å². The number of carbonyl (C=O) groups excluding carboxylic acids is 1. The van der Waals surface area contributed by atoms with Crippen molar-refractivity contribution in [3.63, 3.8) is 0 Å². The molecular weight excluding hydrogens is 342 g/mol. The Labute approximate surface area is 146 Å². The molecule has 2 aromatic heterocycles. The lowest BCUT2D eigenvalue weighted by molar-refractivity contribution is -0.384. The van der Waals surface area contributed by atoms with Crippen LogP contribution in [0.15, 0.2) is 58.0 Å². The molecule has 0 fully saturated rings. The minimum atomic E-state index is -0.457. The topological polar surface area (TPSA) is 97.7 Å². The molecule has 0 saturated carbocycles. The summed E-state index contributed by atoms with van der Waals surface area (Å²) in [6.07, 6.45) is 1.40. The van der Waals surface area contributed by atoms with Crippen molar-refractivity contribution >= 4 is 29.1 Å². The Morgan fingerprint density at radius 3 is 2.60 bits per heavy atom. The minimum Gasteiger partial charge on any atom is -0.455 e. The molecule has 0 aliphatic rings. The number of hydrogen-bond donors (Lipinski definition) is 1. The number of non-ortho nitro benzene ring substituents is 1. The highest BCUT2D eigenvalue weighted by molar-refractivity contribution is 7.13. The number of nitrogens with one attached hydrogen (secondary N) is 1. The van der Waals surface area contributed by atoms with Crippen molar-refractivity contribution in [2.45, 2.75) is 6.92 Å². The number of nitro benzene ring substituents is 1. The van der Waals surface area contributed by atoms with Crippen molar-refractivity contribution in [1.29, 1.82) is 0 Å². The Morgan fingerprint density at radius 1 is 1.20 bits per heavy atom. The van der Waals surface area contributed by atoms with Gasteiger partial charge in [0.15, 0.2) is 0 Å². The molecule has 1 N–H and O–H groups in total. The second-order valence-electron chi connectivity index (χ2n) is 5.12. The zero-order valence-corrected chi connectivity index (χ0v) is 13.9. The van der Waals surface area contributed by atoms with Crippen molar-refractivity contribution in [1.82, 2.24) is 5.43 Å². The molecule has 0 radical (unpaired) electrons. The van der Waals surface area contributed by atoms with Gasteiger partial charge in [-0.05, 0) is 43.3 Å². The third-order valence-corrected chi connectivity index (χ3v) is 4.31. The van der Waals surface area contributed by atoms with Gasteiger partial charge in [-0.1, -0.05) is 0 Å². The number of hydrazone groups is 1. The van der Waals surface area contributed by atoms with Crippen LogP contribution in [0.4, 0.5) is 5.69 Å². The fourth-order valence-corrected chi connectivity index (χ4v) is 2.85. The van der Waals surface area contributed by atoms with Gasteiger partial charge >= 0.3 is 0 Å². The van der Waals surface area contributed by atoms with E-state index < -0.39 is 4.92 Å². The van der Waals surface area contributed by atoms with Crippen LogP contribution in [0.3, 0.4) is 0 Å². The van der Waals surface area contributed by atoms with E-state index in [4.69, 9.17) is 4.42 Å². The van der Waals surface area contributed by atoms with Crippen molar-refractivity contribution in [2.75, 3.05) is 0 Å². The van der Waals surface area contributed by atoms with Gasteiger partial charge in [0, 0.05) is 22.6 Å². The monoisotopic (exact) mass is 355 g/mol. The van der Waals surface area contributed by atoms with Gasteiger partial charge in [0.05, 0.1) is 16.0 Å². The molecule has 8 heteroatoms. The zero-order valence-electron chi connectivity index (χ0n) is 13.1. The Kier molecular flexibility index (Phi) is 4.71. The van der Waals surface area contributed by atoms with Crippen molar-refractivity contribution in [3.8, 4) is 11.3 Å². The third-order valence-electron chi connectivity index (χ3n) is 3.31. The average Bonchev–Trinajstić information content (AvgIpc) is 3.24. The molecule has 0 atom stereocenters. The number of hydrogen-bond acceptors (Lipinski definition) is 6. The van der Waals surface area contributed by atoms with Crippen LogP contribution in [0, 0.1) is 17.0 Å². The SMILES string of the molecule is Cc1ccc(C(=O)NN=Cc2ccc(-c3ccc([N+](=O)[O-])cc3)o2)s1. The van der Waals surface area contributed by atoms with E-state index in [-0.39, 0.29) is 11.6 Å². The van der Waals surface area contributed by atoms with Crippen molar-refractivity contribution in [2.24, 2.45) is 5.10 Å². The van der Waals surface area contributed by atoms with Crippen LogP contribution in [0.5, 0.6) is 0 Å². The molecule has 0 spiro atoms. The number of furan rings is 1. The summed E-state index contributed by atoms with van der Waals surface area (Å²) in [7, 11) is 0. The molecule has 2 heterocycles. The van der Waals surface area contributed by atoms with Gasteiger partial charge in [-0.2, -0.15) is 5.10 Å². The highest BCUT2D eigenvalue weighted by Crippen LogP contribution is 2.24. The zero-order chi connectivity index (χ0) is 17.8. The third kappa shape index (κ3) is 3.99. The van der Waals surface area contributed by atoms with Crippen LogP contribution in [0.25, 0.3) is 11.3 Å². The standard InChI is InChI=1S/C17H13N3O4S/c1-11-2-9-16(25-11)17(21)19-18-10-14-7-8-15(24-14)12-3-5-13(6-4-12)20(22)23/h2-10H,1H3,(H,19,21). The van der Waals surface area contributed by atoms with E-state index in [0.29, 0.717) is 22.0 Å². The molecular formula is C17H13N3O4S. The van der Waals surface area contributed by atoms with Gasteiger partial charge < -0.3 is 4.42 Å². The quantitative estimate of drug-likeness (QED) is 0.425. The fraction of sp³-hybridized carbons (Fsp3) is 0.0588. The summed E-state index contributed by atoms with van der Waals surface area (Å²) in [4.78, 5) is 23.7. The molecule has 0 aliphatic heterocycles. The molecule has 0 unspecified atom stereocenters. The Bertz CT molecular complexity index is 941. The molecule has 25 heavy (non-hydrogen) atoms. The summed E-state index contributed by atoms with van der Waals surface area (Å²) >= 11 is 1.39. The van der Waals surface area contributed by atoms with Crippen LogP contribution in [-0.2, 0) is 0 Å². The number of carbonyl (C=O) groups is 1. The number of aryl methyl sites for hydroxylation is 1. The maximum absolute atomic E-state index is 11.9. The molecule has 0 aliphatic carbocycles. The Morgan fingerprint density at radius 2 is 1.96 bits per heavy atom. The van der Waals surface area contributed by atoms with Crippen molar-refractivity contribution in [3.05, 3.63) is 74.2 Å². The van der Waals surface area contributed by atoms with E-state index in [1.165, 1.54) is 29.7 Å². The first-order valence-electron chi connectivity index (χ1n) is 7.27. The first kappa shape index (κ1) is 16.6. The number of amides is 1. The van der Waals surface area contributed by atoms with Gasteiger partial charge in [-0.25, -0.2) is 5.43 Å². The highest BCUT2D eigenvalue weighted by Gasteiger charge is 2.09. The van der Waals surface area contributed by atoms with E-state index in [1.807, 2.05) is 13.0 Å². The predicted octanol–water partition coefficient (Wildman–Crippen LogP) is 3.99. The Balaban J connectivity index is 1.65. The largest absolute Gasteiger partial charge is 0.455 e. The number of nitrogens with zero attached hydrogens (tertiary/aromatic N) is 2. The summed E-state index contributed by atoms with van der Waals surface area (Å²) < 4.78 is 5.59. The molecule has 1 aromatic carbocycles. The summed E-state index contributed by atoms with van der Waals surface area (Å²) in [5, 5.41) is 14.5. The maximum Gasteiger partial charge on any atom is 0.281 e. The van der Waals surface area contributed by atoms with E-state index in [1.54, 1.807) is 30.3 Å². The van der Waals surface area contributed by atoms with Crippen LogP contribution < -0.4 is 5.43 Å². The number of benzene rings is 1. The normalized spacial score (nSPS) is 10.9. The maximum atomic E-state index is 11.9. The molecule has 3 rings (SSSR count). The number of thiophene rings is 1. The molecule has 0 saturated heterocycles. The smallest absolute Gasteiger partial charge is 0.281 e. The van der Waals surface area contributed by atoms with Gasteiger partial charge in [-0.15, -0.1) is 11.3 Å². The number of nitro groups is 1.